The van der Waals surface area contributed by atoms with Crippen LogP contribution in [0.1, 0.15) is 32.8 Å². The Kier molecular flexibility index (Phi) is 7.91. The van der Waals surface area contributed by atoms with Crippen molar-refractivity contribution in [3.63, 3.8) is 0 Å². The number of amides is 3. The van der Waals surface area contributed by atoms with Crippen molar-refractivity contribution in [3.05, 3.63) is 35.9 Å². The highest BCUT2D eigenvalue weighted by Crippen LogP contribution is 2.12. The third-order valence-electron chi connectivity index (χ3n) is 3.51. The molecule has 7 heteroatoms. The minimum absolute atomic E-state index is 0.0836. The van der Waals surface area contributed by atoms with Crippen LogP contribution in [-0.2, 0) is 20.9 Å². The summed E-state index contributed by atoms with van der Waals surface area (Å²) in [5.74, 6) is -2.67. The van der Waals surface area contributed by atoms with Gasteiger partial charge in [0, 0.05) is 6.54 Å². The molecule has 2 atom stereocenters. The summed E-state index contributed by atoms with van der Waals surface area (Å²) in [4.78, 5) is 35.9. The van der Waals surface area contributed by atoms with Gasteiger partial charge in [-0.15, -0.1) is 0 Å². The molecular formula is C17H25N3O4. The molecule has 0 aromatic heterocycles. The molecule has 24 heavy (non-hydrogen) atoms. The lowest BCUT2D eigenvalue weighted by Crippen LogP contribution is -2.49. The van der Waals surface area contributed by atoms with Crippen LogP contribution in [0.5, 0.6) is 0 Å². The fourth-order valence-electron chi connectivity index (χ4n) is 2.20. The number of carbonyl (C=O) groups excluding carboxylic acids is 3. The van der Waals surface area contributed by atoms with Crippen molar-refractivity contribution in [1.29, 1.82) is 0 Å². The Labute approximate surface area is 141 Å². The molecule has 0 aliphatic heterocycles. The van der Waals surface area contributed by atoms with Gasteiger partial charge < -0.3 is 10.6 Å². The SMILES string of the molecule is CC(C)C[C@@H](C(=O)NO)C(=O)N[C@@H](C)C(=O)NCc1ccccc1. The van der Waals surface area contributed by atoms with Gasteiger partial charge in [0.05, 0.1) is 0 Å². The van der Waals surface area contributed by atoms with Crippen molar-refractivity contribution in [2.45, 2.75) is 39.8 Å². The lowest BCUT2D eigenvalue weighted by molar-refractivity contribution is -0.142. The van der Waals surface area contributed by atoms with E-state index in [2.05, 4.69) is 10.6 Å². The summed E-state index contributed by atoms with van der Waals surface area (Å²) in [6.45, 7) is 5.62. The maximum atomic E-state index is 12.2. The molecule has 0 heterocycles. The molecule has 132 valence electrons. The topological polar surface area (TPSA) is 108 Å². The smallest absolute Gasteiger partial charge is 0.255 e. The van der Waals surface area contributed by atoms with Gasteiger partial charge in [-0.2, -0.15) is 0 Å². The summed E-state index contributed by atoms with van der Waals surface area (Å²) < 4.78 is 0. The summed E-state index contributed by atoms with van der Waals surface area (Å²) in [5.41, 5.74) is 2.45. The van der Waals surface area contributed by atoms with E-state index in [0.29, 0.717) is 6.54 Å². The van der Waals surface area contributed by atoms with Gasteiger partial charge in [-0.3, -0.25) is 19.6 Å². The maximum Gasteiger partial charge on any atom is 0.255 e. The Hall–Kier alpha value is -2.41. The first kappa shape index (κ1) is 19.6. The first-order valence-electron chi connectivity index (χ1n) is 7.91. The molecular weight excluding hydrogens is 310 g/mol. The fraction of sp³-hybridized carbons (Fsp3) is 0.471. The van der Waals surface area contributed by atoms with Gasteiger partial charge in [-0.1, -0.05) is 44.2 Å². The van der Waals surface area contributed by atoms with Crippen molar-refractivity contribution in [2.24, 2.45) is 11.8 Å². The second-order valence-electron chi connectivity index (χ2n) is 6.09. The van der Waals surface area contributed by atoms with Crippen molar-refractivity contribution in [1.82, 2.24) is 16.1 Å². The Balaban J connectivity index is 2.56. The van der Waals surface area contributed by atoms with Gasteiger partial charge in [-0.25, -0.2) is 5.48 Å². The highest BCUT2D eigenvalue weighted by atomic mass is 16.5. The zero-order valence-electron chi connectivity index (χ0n) is 14.2. The summed E-state index contributed by atoms with van der Waals surface area (Å²) in [7, 11) is 0. The lowest BCUT2D eigenvalue weighted by Gasteiger charge is -2.20. The molecule has 0 saturated carbocycles. The molecule has 0 spiro atoms. The van der Waals surface area contributed by atoms with Crippen molar-refractivity contribution in [2.75, 3.05) is 0 Å². The van der Waals surface area contributed by atoms with Crippen LogP contribution in [0.25, 0.3) is 0 Å². The number of carbonyl (C=O) groups is 3. The second-order valence-corrected chi connectivity index (χ2v) is 6.09. The molecule has 0 radical (unpaired) electrons. The Morgan fingerprint density at radius 2 is 1.62 bits per heavy atom. The van der Waals surface area contributed by atoms with Gasteiger partial charge in [0.1, 0.15) is 12.0 Å². The van der Waals surface area contributed by atoms with Gasteiger partial charge in [-0.05, 0) is 24.8 Å². The molecule has 0 saturated heterocycles. The third-order valence-corrected chi connectivity index (χ3v) is 3.51. The van der Waals surface area contributed by atoms with Gasteiger partial charge in [0.2, 0.25) is 11.8 Å². The molecule has 0 fully saturated rings. The van der Waals surface area contributed by atoms with E-state index in [1.807, 2.05) is 44.2 Å². The molecule has 0 bridgehead atoms. The van der Waals surface area contributed by atoms with Crippen LogP contribution in [0, 0.1) is 11.8 Å². The van der Waals surface area contributed by atoms with E-state index in [4.69, 9.17) is 5.21 Å². The van der Waals surface area contributed by atoms with E-state index in [9.17, 15) is 14.4 Å². The number of rotatable bonds is 8. The third kappa shape index (κ3) is 6.37. The van der Waals surface area contributed by atoms with Crippen molar-refractivity contribution < 1.29 is 19.6 Å². The number of hydrogen-bond donors (Lipinski definition) is 4. The van der Waals surface area contributed by atoms with Crippen LogP contribution < -0.4 is 16.1 Å². The molecule has 1 aromatic carbocycles. The average molecular weight is 335 g/mol. The van der Waals surface area contributed by atoms with E-state index < -0.39 is 23.8 Å². The minimum Gasteiger partial charge on any atom is -0.350 e. The van der Waals surface area contributed by atoms with E-state index in [0.717, 1.165) is 5.56 Å². The van der Waals surface area contributed by atoms with Gasteiger partial charge >= 0.3 is 0 Å². The molecule has 3 amide bonds. The van der Waals surface area contributed by atoms with E-state index in [1.54, 1.807) is 6.92 Å². The fourth-order valence-corrected chi connectivity index (χ4v) is 2.20. The maximum absolute atomic E-state index is 12.2. The Bertz CT molecular complexity index is 560. The second kappa shape index (κ2) is 9.67. The Morgan fingerprint density at radius 1 is 1.00 bits per heavy atom. The summed E-state index contributed by atoms with van der Waals surface area (Å²) >= 11 is 0. The minimum atomic E-state index is -1.04. The predicted octanol–water partition coefficient (Wildman–Crippen LogP) is 0.975. The van der Waals surface area contributed by atoms with Gasteiger partial charge in [0.25, 0.3) is 5.91 Å². The van der Waals surface area contributed by atoms with Gasteiger partial charge in [0.15, 0.2) is 0 Å². The molecule has 1 rings (SSSR count). The van der Waals surface area contributed by atoms with Crippen molar-refractivity contribution >= 4 is 17.7 Å². The molecule has 0 aliphatic carbocycles. The van der Waals surface area contributed by atoms with Crippen LogP contribution in [-0.4, -0.2) is 29.0 Å². The standard InChI is InChI=1S/C17H25N3O4/c1-11(2)9-14(17(23)20-24)16(22)19-12(3)15(21)18-10-13-7-5-4-6-8-13/h4-8,11-12,14,24H,9-10H2,1-3H3,(H,18,21)(H,19,22)(H,20,23)/t12-,14+/m0/s1. The number of hydrogen-bond acceptors (Lipinski definition) is 4. The quantitative estimate of drug-likeness (QED) is 0.323. The summed E-state index contributed by atoms with van der Waals surface area (Å²) in [6.07, 6.45) is 0.274. The van der Waals surface area contributed by atoms with E-state index in [-0.39, 0.29) is 18.2 Å². The number of benzene rings is 1. The molecule has 4 N–H and O–H groups in total. The zero-order chi connectivity index (χ0) is 18.1. The van der Waals surface area contributed by atoms with Crippen LogP contribution in [0.3, 0.4) is 0 Å². The number of hydroxylamine groups is 1. The normalized spacial score (nSPS) is 13.0. The van der Waals surface area contributed by atoms with Crippen LogP contribution in [0.4, 0.5) is 0 Å². The summed E-state index contributed by atoms with van der Waals surface area (Å²) in [5, 5.41) is 14.0. The van der Waals surface area contributed by atoms with Crippen molar-refractivity contribution in [3.8, 4) is 0 Å². The zero-order valence-corrected chi connectivity index (χ0v) is 14.2. The van der Waals surface area contributed by atoms with E-state index in [1.165, 1.54) is 5.48 Å². The number of nitrogens with one attached hydrogen (secondary N) is 3. The monoisotopic (exact) mass is 335 g/mol. The largest absolute Gasteiger partial charge is 0.350 e. The van der Waals surface area contributed by atoms with E-state index >= 15 is 0 Å². The summed E-state index contributed by atoms with van der Waals surface area (Å²) in [6, 6.07) is 8.60. The molecule has 0 aliphatic rings. The molecule has 0 unspecified atom stereocenters. The predicted molar refractivity (Wildman–Crippen MR) is 88.8 cm³/mol. The first-order chi connectivity index (χ1) is 11.3. The first-order valence-corrected chi connectivity index (χ1v) is 7.91. The molecule has 1 aromatic rings. The lowest BCUT2D eigenvalue weighted by atomic mass is 9.95. The van der Waals surface area contributed by atoms with Crippen LogP contribution in [0.2, 0.25) is 0 Å². The van der Waals surface area contributed by atoms with Crippen LogP contribution >= 0.6 is 0 Å². The molecule has 7 nitrogen and oxygen atoms in total. The highest BCUT2D eigenvalue weighted by molar-refractivity contribution is 6.01. The van der Waals surface area contributed by atoms with Crippen LogP contribution in [0.15, 0.2) is 30.3 Å². The Morgan fingerprint density at radius 3 is 2.17 bits per heavy atom. The average Bonchev–Trinajstić information content (AvgIpc) is 2.57. The highest BCUT2D eigenvalue weighted by Gasteiger charge is 2.29.